The highest BCUT2D eigenvalue weighted by Gasteiger charge is 2.23. The summed E-state index contributed by atoms with van der Waals surface area (Å²) in [5.74, 6) is 0.193. The van der Waals surface area contributed by atoms with Crippen molar-refractivity contribution >= 4 is 5.91 Å². The van der Waals surface area contributed by atoms with Crippen LogP contribution in [0.1, 0.15) is 19.3 Å². The summed E-state index contributed by atoms with van der Waals surface area (Å²) in [5.41, 5.74) is 0. The lowest BCUT2D eigenvalue weighted by Gasteiger charge is -2.30. The third-order valence-electron chi connectivity index (χ3n) is 1.94. The number of methoxy groups -OCH3 is 1. The zero-order valence-corrected chi connectivity index (χ0v) is 6.46. The van der Waals surface area contributed by atoms with Gasteiger partial charge < -0.3 is 9.64 Å². The summed E-state index contributed by atoms with van der Waals surface area (Å²) >= 11 is 0. The van der Waals surface area contributed by atoms with Crippen LogP contribution < -0.4 is 0 Å². The standard InChI is InChI=1S/C7H13NO2/c1-8-6(9)4-3-5-7(8)10-2/h7H,3-5H2,1-2H3. The second kappa shape index (κ2) is 3.01. The van der Waals surface area contributed by atoms with Crippen LogP contribution in [0.25, 0.3) is 0 Å². The summed E-state index contributed by atoms with van der Waals surface area (Å²) in [5, 5.41) is 0. The van der Waals surface area contributed by atoms with Crippen molar-refractivity contribution in [3.8, 4) is 0 Å². The molecule has 1 heterocycles. The van der Waals surface area contributed by atoms with Crippen molar-refractivity contribution in [1.29, 1.82) is 0 Å². The second-order valence-electron chi connectivity index (χ2n) is 2.59. The van der Waals surface area contributed by atoms with Crippen molar-refractivity contribution in [2.75, 3.05) is 14.2 Å². The van der Waals surface area contributed by atoms with Gasteiger partial charge in [-0.2, -0.15) is 0 Å². The maximum atomic E-state index is 11.0. The molecule has 1 amide bonds. The van der Waals surface area contributed by atoms with Gasteiger partial charge in [0, 0.05) is 20.6 Å². The molecule has 0 N–H and O–H groups in total. The van der Waals surface area contributed by atoms with E-state index in [1.165, 1.54) is 0 Å². The Morgan fingerprint density at radius 3 is 2.90 bits per heavy atom. The van der Waals surface area contributed by atoms with E-state index < -0.39 is 0 Å². The Bertz CT molecular complexity index is 136. The van der Waals surface area contributed by atoms with Crippen LogP contribution in [0.4, 0.5) is 0 Å². The topological polar surface area (TPSA) is 29.5 Å². The highest BCUT2D eigenvalue weighted by Crippen LogP contribution is 2.15. The third-order valence-corrected chi connectivity index (χ3v) is 1.94. The zero-order chi connectivity index (χ0) is 7.56. The van der Waals surface area contributed by atoms with Crippen molar-refractivity contribution in [3.05, 3.63) is 0 Å². The molecule has 3 nitrogen and oxygen atoms in total. The normalized spacial score (nSPS) is 27.2. The van der Waals surface area contributed by atoms with Crippen molar-refractivity contribution in [1.82, 2.24) is 4.90 Å². The van der Waals surface area contributed by atoms with Crippen molar-refractivity contribution in [3.63, 3.8) is 0 Å². The van der Waals surface area contributed by atoms with Gasteiger partial charge in [0.15, 0.2) is 0 Å². The molecule has 1 fully saturated rings. The number of amides is 1. The van der Waals surface area contributed by atoms with Crippen LogP contribution in [-0.2, 0) is 9.53 Å². The van der Waals surface area contributed by atoms with Gasteiger partial charge in [0.1, 0.15) is 6.23 Å². The minimum absolute atomic E-state index is 0.0150. The fourth-order valence-electron chi connectivity index (χ4n) is 1.23. The summed E-state index contributed by atoms with van der Waals surface area (Å²) in [6.07, 6.45) is 2.62. The molecule has 1 rings (SSSR count). The van der Waals surface area contributed by atoms with Crippen molar-refractivity contribution < 1.29 is 9.53 Å². The first-order valence-corrected chi connectivity index (χ1v) is 3.54. The molecule has 1 atom stereocenters. The van der Waals surface area contributed by atoms with Gasteiger partial charge in [-0.3, -0.25) is 4.79 Å². The number of ether oxygens (including phenoxy) is 1. The number of rotatable bonds is 1. The third kappa shape index (κ3) is 1.29. The number of carbonyl (C=O) groups excluding carboxylic acids is 1. The van der Waals surface area contributed by atoms with Gasteiger partial charge in [-0.25, -0.2) is 0 Å². The molecule has 0 radical (unpaired) electrons. The Labute approximate surface area is 61.0 Å². The van der Waals surface area contributed by atoms with Crippen LogP contribution in [0.2, 0.25) is 0 Å². The number of hydrogen-bond acceptors (Lipinski definition) is 2. The monoisotopic (exact) mass is 143 g/mol. The van der Waals surface area contributed by atoms with E-state index in [4.69, 9.17) is 4.74 Å². The molecule has 58 valence electrons. The van der Waals surface area contributed by atoms with E-state index in [2.05, 4.69) is 0 Å². The lowest BCUT2D eigenvalue weighted by Crippen LogP contribution is -2.41. The SMILES string of the molecule is COC1CCCC(=O)N1C. The lowest BCUT2D eigenvalue weighted by molar-refractivity contribution is -0.146. The van der Waals surface area contributed by atoms with E-state index in [0.717, 1.165) is 12.8 Å². The number of hydrogen-bond donors (Lipinski definition) is 0. The molecule has 0 aromatic rings. The lowest BCUT2D eigenvalue weighted by atomic mass is 10.1. The maximum absolute atomic E-state index is 11.0. The van der Waals surface area contributed by atoms with E-state index in [9.17, 15) is 4.79 Å². The fourth-order valence-corrected chi connectivity index (χ4v) is 1.23. The Hall–Kier alpha value is -0.570. The first-order chi connectivity index (χ1) is 4.75. The Balaban J connectivity index is 2.51. The summed E-state index contributed by atoms with van der Waals surface area (Å²) < 4.78 is 5.08. The average Bonchev–Trinajstić information content (AvgIpc) is 1.95. The Morgan fingerprint density at radius 2 is 2.40 bits per heavy atom. The second-order valence-corrected chi connectivity index (χ2v) is 2.59. The Kier molecular flexibility index (Phi) is 2.27. The van der Waals surface area contributed by atoms with Crippen molar-refractivity contribution in [2.24, 2.45) is 0 Å². The molecule has 1 saturated heterocycles. The van der Waals surface area contributed by atoms with E-state index >= 15 is 0 Å². The maximum Gasteiger partial charge on any atom is 0.224 e. The highest BCUT2D eigenvalue weighted by molar-refractivity contribution is 5.76. The van der Waals surface area contributed by atoms with Gasteiger partial charge in [-0.15, -0.1) is 0 Å². The van der Waals surface area contributed by atoms with E-state index in [0.29, 0.717) is 6.42 Å². The summed E-state index contributed by atoms with van der Waals surface area (Å²) in [6, 6.07) is 0. The molecular weight excluding hydrogens is 130 g/mol. The molecule has 1 aliphatic rings. The zero-order valence-electron chi connectivity index (χ0n) is 6.46. The van der Waals surface area contributed by atoms with Gasteiger partial charge in [0.05, 0.1) is 0 Å². The molecule has 0 saturated carbocycles. The number of likely N-dealkylation sites (tertiary alicyclic amines) is 1. The molecule has 3 heteroatoms. The van der Waals surface area contributed by atoms with Crippen LogP contribution in [0.5, 0.6) is 0 Å². The average molecular weight is 143 g/mol. The highest BCUT2D eigenvalue weighted by atomic mass is 16.5. The van der Waals surface area contributed by atoms with Gasteiger partial charge >= 0.3 is 0 Å². The van der Waals surface area contributed by atoms with Crippen LogP contribution in [-0.4, -0.2) is 31.2 Å². The van der Waals surface area contributed by atoms with E-state index in [-0.39, 0.29) is 12.1 Å². The molecule has 0 aromatic carbocycles. The first-order valence-electron chi connectivity index (χ1n) is 3.54. The van der Waals surface area contributed by atoms with Gasteiger partial charge in [-0.1, -0.05) is 0 Å². The van der Waals surface area contributed by atoms with Gasteiger partial charge in [-0.05, 0) is 12.8 Å². The number of nitrogens with zero attached hydrogens (tertiary/aromatic N) is 1. The van der Waals surface area contributed by atoms with Gasteiger partial charge in [0.25, 0.3) is 0 Å². The van der Waals surface area contributed by atoms with E-state index in [1.807, 2.05) is 0 Å². The molecule has 1 unspecified atom stereocenters. The predicted molar refractivity (Wildman–Crippen MR) is 37.4 cm³/mol. The summed E-state index contributed by atoms with van der Waals surface area (Å²) in [7, 11) is 3.43. The predicted octanol–water partition coefficient (Wildman–Crippen LogP) is 0.601. The van der Waals surface area contributed by atoms with Crippen LogP contribution in [0.15, 0.2) is 0 Å². The molecule has 10 heavy (non-hydrogen) atoms. The molecule has 1 aliphatic heterocycles. The van der Waals surface area contributed by atoms with Crippen molar-refractivity contribution in [2.45, 2.75) is 25.5 Å². The largest absolute Gasteiger partial charge is 0.362 e. The minimum Gasteiger partial charge on any atom is -0.362 e. The quantitative estimate of drug-likeness (QED) is 0.538. The molecule has 0 aliphatic carbocycles. The van der Waals surface area contributed by atoms with Crippen LogP contribution in [0.3, 0.4) is 0 Å². The molecule has 0 spiro atoms. The summed E-state index contributed by atoms with van der Waals surface area (Å²) in [6.45, 7) is 0. The summed E-state index contributed by atoms with van der Waals surface area (Å²) in [4.78, 5) is 12.7. The molecular formula is C7H13NO2. The van der Waals surface area contributed by atoms with Gasteiger partial charge in [0.2, 0.25) is 5.91 Å². The smallest absolute Gasteiger partial charge is 0.224 e. The number of piperidine rings is 1. The van der Waals surface area contributed by atoms with Crippen LogP contribution >= 0.6 is 0 Å². The van der Waals surface area contributed by atoms with E-state index in [1.54, 1.807) is 19.1 Å². The Morgan fingerprint density at radius 1 is 1.70 bits per heavy atom. The minimum atomic E-state index is 0.0150. The molecule has 0 aromatic heterocycles. The first kappa shape index (κ1) is 7.54. The molecule has 0 bridgehead atoms. The fraction of sp³-hybridized carbons (Fsp3) is 0.857. The number of carbonyl (C=O) groups is 1. The van der Waals surface area contributed by atoms with Crippen LogP contribution in [0, 0.1) is 0 Å².